The molecule has 0 amide bonds. The number of thiophene rings is 1. The highest BCUT2D eigenvalue weighted by Crippen LogP contribution is 2.28. The van der Waals surface area contributed by atoms with Gasteiger partial charge in [-0.3, -0.25) is 0 Å². The predicted octanol–water partition coefficient (Wildman–Crippen LogP) is 4.21. The number of aryl methyl sites for hydroxylation is 1. The van der Waals surface area contributed by atoms with E-state index in [1.54, 1.807) is 16.0 Å². The van der Waals surface area contributed by atoms with Gasteiger partial charge < -0.3 is 0 Å². The van der Waals surface area contributed by atoms with Crippen molar-refractivity contribution in [2.75, 3.05) is 0 Å². The molecule has 0 saturated heterocycles. The van der Waals surface area contributed by atoms with Crippen LogP contribution in [0.3, 0.4) is 0 Å². The van der Waals surface area contributed by atoms with Gasteiger partial charge in [0.25, 0.3) is 0 Å². The second-order valence-corrected chi connectivity index (χ2v) is 6.01. The van der Waals surface area contributed by atoms with Gasteiger partial charge in [-0.1, -0.05) is 36.8 Å². The van der Waals surface area contributed by atoms with Gasteiger partial charge in [0.15, 0.2) is 5.69 Å². The van der Waals surface area contributed by atoms with Gasteiger partial charge >= 0.3 is 0 Å². The largest absolute Gasteiger partial charge is 0.211 e. The highest BCUT2D eigenvalue weighted by Gasteiger charge is 2.16. The van der Waals surface area contributed by atoms with E-state index in [0.29, 0.717) is 5.69 Å². The zero-order valence-electron chi connectivity index (χ0n) is 12.4. The lowest BCUT2D eigenvalue weighted by atomic mass is 10.1. The standard InChI is InChI=1S/C17H16N4S/c1-2-3-5-13-7-9-14(10-8-13)21-17(15(12-18)19-20-21)16-6-4-11-22-16/h4,6-11H,2-3,5H2,1H3. The van der Waals surface area contributed by atoms with E-state index in [0.717, 1.165) is 22.7 Å². The number of hydrogen-bond donors (Lipinski definition) is 0. The molecule has 4 nitrogen and oxygen atoms in total. The van der Waals surface area contributed by atoms with E-state index in [1.807, 2.05) is 29.6 Å². The Hall–Kier alpha value is -2.45. The first kappa shape index (κ1) is 14.5. The number of nitriles is 1. The minimum Gasteiger partial charge on any atom is -0.211 e. The monoisotopic (exact) mass is 308 g/mol. The van der Waals surface area contributed by atoms with Crippen LogP contribution in [0, 0.1) is 11.3 Å². The van der Waals surface area contributed by atoms with Crippen molar-refractivity contribution in [1.82, 2.24) is 15.0 Å². The highest BCUT2D eigenvalue weighted by molar-refractivity contribution is 7.13. The summed E-state index contributed by atoms with van der Waals surface area (Å²) in [7, 11) is 0. The van der Waals surface area contributed by atoms with Crippen LogP contribution in [0.15, 0.2) is 41.8 Å². The maximum atomic E-state index is 9.26. The molecule has 0 atom stereocenters. The Balaban J connectivity index is 1.99. The van der Waals surface area contributed by atoms with Gasteiger partial charge in [-0.25, -0.2) is 4.68 Å². The molecule has 0 unspecified atom stereocenters. The Morgan fingerprint density at radius 3 is 2.68 bits per heavy atom. The lowest BCUT2D eigenvalue weighted by Gasteiger charge is -2.06. The van der Waals surface area contributed by atoms with Gasteiger partial charge in [0.05, 0.1) is 10.6 Å². The van der Waals surface area contributed by atoms with Crippen molar-refractivity contribution >= 4 is 11.3 Å². The zero-order chi connectivity index (χ0) is 15.4. The predicted molar refractivity (Wildman–Crippen MR) is 88.0 cm³/mol. The summed E-state index contributed by atoms with van der Waals surface area (Å²) in [5.41, 5.74) is 3.37. The molecule has 0 aliphatic heterocycles. The molecule has 2 aromatic heterocycles. The maximum Gasteiger partial charge on any atom is 0.191 e. The molecule has 0 aliphatic carbocycles. The molecular formula is C17H16N4S. The fourth-order valence-electron chi connectivity index (χ4n) is 2.36. The SMILES string of the molecule is CCCCc1ccc(-n2nnc(C#N)c2-c2cccs2)cc1. The van der Waals surface area contributed by atoms with Crippen molar-refractivity contribution in [2.24, 2.45) is 0 Å². The quantitative estimate of drug-likeness (QED) is 0.709. The Labute approximate surface area is 133 Å². The van der Waals surface area contributed by atoms with Crippen molar-refractivity contribution < 1.29 is 0 Å². The van der Waals surface area contributed by atoms with E-state index < -0.39 is 0 Å². The third kappa shape index (κ3) is 2.78. The van der Waals surface area contributed by atoms with Crippen LogP contribution in [0.4, 0.5) is 0 Å². The van der Waals surface area contributed by atoms with Crippen molar-refractivity contribution in [3.63, 3.8) is 0 Å². The van der Waals surface area contributed by atoms with Crippen LogP contribution >= 0.6 is 11.3 Å². The van der Waals surface area contributed by atoms with Crippen molar-refractivity contribution in [3.05, 3.63) is 53.0 Å². The van der Waals surface area contributed by atoms with Gasteiger partial charge in [0.2, 0.25) is 0 Å². The molecular weight excluding hydrogens is 292 g/mol. The van der Waals surface area contributed by atoms with Gasteiger partial charge in [0.1, 0.15) is 11.8 Å². The van der Waals surface area contributed by atoms with E-state index in [-0.39, 0.29) is 0 Å². The number of hydrogen-bond acceptors (Lipinski definition) is 4. The molecule has 0 radical (unpaired) electrons. The van der Waals surface area contributed by atoms with E-state index in [9.17, 15) is 5.26 Å². The second kappa shape index (κ2) is 6.54. The molecule has 1 aromatic carbocycles. The normalized spacial score (nSPS) is 10.5. The van der Waals surface area contributed by atoms with Gasteiger partial charge in [0, 0.05) is 0 Å². The van der Waals surface area contributed by atoms with Crippen molar-refractivity contribution in [1.29, 1.82) is 5.26 Å². The fraction of sp³-hybridized carbons (Fsp3) is 0.235. The van der Waals surface area contributed by atoms with Crippen molar-refractivity contribution in [3.8, 4) is 22.3 Å². The Morgan fingerprint density at radius 1 is 1.23 bits per heavy atom. The summed E-state index contributed by atoms with van der Waals surface area (Å²) < 4.78 is 1.74. The molecule has 0 aliphatic rings. The third-order valence-electron chi connectivity index (χ3n) is 3.53. The molecule has 0 bridgehead atoms. The molecule has 0 fully saturated rings. The number of rotatable bonds is 5. The number of benzene rings is 1. The Kier molecular flexibility index (Phi) is 4.31. The minimum absolute atomic E-state index is 0.359. The number of aromatic nitrogens is 3. The minimum atomic E-state index is 0.359. The Bertz CT molecular complexity index is 779. The van der Waals surface area contributed by atoms with Crippen LogP contribution in [0.5, 0.6) is 0 Å². The van der Waals surface area contributed by atoms with Crippen LogP contribution in [-0.2, 0) is 6.42 Å². The summed E-state index contributed by atoms with van der Waals surface area (Å²) >= 11 is 1.58. The van der Waals surface area contributed by atoms with E-state index in [4.69, 9.17) is 0 Å². The molecule has 110 valence electrons. The number of unbranched alkanes of at least 4 members (excludes halogenated alkanes) is 1. The van der Waals surface area contributed by atoms with Crippen LogP contribution in [0.25, 0.3) is 16.3 Å². The molecule has 0 spiro atoms. The lowest BCUT2D eigenvalue weighted by molar-refractivity contribution is 0.789. The smallest absolute Gasteiger partial charge is 0.191 e. The maximum absolute atomic E-state index is 9.26. The first-order valence-corrected chi connectivity index (χ1v) is 8.20. The molecule has 0 saturated carbocycles. The van der Waals surface area contributed by atoms with E-state index >= 15 is 0 Å². The third-order valence-corrected chi connectivity index (χ3v) is 4.41. The molecule has 3 rings (SSSR count). The molecule has 0 N–H and O–H groups in total. The average Bonchev–Trinajstić information content (AvgIpc) is 3.21. The van der Waals surface area contributed by atoms with Gasteiger partial charge in [-0.15, -0.1) is 16.4 Å². The summed E-state index contributed by atoms with van der Waals surface area (Å²) in [5.74, 6) is 0. The number of nitrogens with zero attached hydrogens (tertiary/aromatic N) is 4. The first-order chi connectivity index (χ1) is 10.8. The first-order valence-electron chi connectivity index (χ1n) is 7.32. The van der Waals surface area contributed by atoms with Gasteiger partial charge in [-0.05, 0) is 42.0 Å². The van der Waals surface area contributed by atoms with Crippen LogP contribution in [0.2, 0.25) is 0 Å². The van der Waals surface area contributed by atoms with Crippen LogP contribution < -0.4 is 0 Å². The summed E-state index contributed by atoms with van der Waals surface area (Å²) in [5, 5.41) is 19.4. The zero-order valence-corrected chi connectivity index (χ0v) is 13.2. The summed E-state index contributed by atoms with van der Waals surface area (Å²) in [6.45, 7) is 2.19. The molecule has 22 heavy (non-hydrogen) atoms. The summed E-state index contributed by atoms with van der Waals surface area (Å²) in [6.07, 6.45) is 3.48. The van der Waals surface area contributed by atoms with E-state index in [1.165, 1.54) is 18.4 Å². The molecule has 5 heteroatoms. The lowest BCUT2D eigenvalue weighted by Crippen LogP contribution is -1.99. The summed E-state index contributed by atoms with van der Waals surface area (Å²) in [6, 6.07) is 14.4. The van der Waals surface area contributed by atoms with Crippen LogP contribution in [0.1, 0.15) is 31.0 Å². The Morgan fingerprint density at radius 2 is 2.05 bits per heavy atom. The molecule has 3 aromatic rings. The summed E-state index contributed by atoms with van der Waals surface area (Å²) in [4.78, 5) is 0.997. The van der Waals surface area contributed by atoms with Crippen molar-refractivity contribution in [2.45, 2.75) is 26.2 Å². The van der Waals surface area contributed by atoms with Crippen LogP contribution in [-0.4, -0.2) is 15.0 Å². The highest BCUT2D eigenvalue weighted by atomic mass is 32.1. The molecule has 2 heterocycles. The second-order valence-electron chi connectivity index (χ2n) is 5.06. The average molecular weight is 308 g/mol. The van der Waals surface area contributed by atoms with Gasteiger partial charge in [-0.2, -0.15) is 5.26 Å². The fourth-order valence-corrected chi connectivity index (χ4v) is 3.11. The van der Waals surface area contributed by atoms with E-state index in [2.05, 4.69) is 35.4 Å². The topological polar surface area (TPSA) is 54.5 Å².